The molecule has 0 bridgehead atoms. The molecule has 0 radical (unpaired) electrons. The maximum absolute atomic E-state index is 11.2. The summed E-state index contributed by atoms with van der Waals surface area (Å²) >= 11 is 0. The molecule has 0 aromatic heterocycles. The SMILES string of the molecule is CCCOC(=O)[C@@H](N)CSSC[C@H](N)C(=O)O. The van der Waals surface area contributed by atoms with Crippen molar-refractivity contribution in [3.05, 3.63) is 0 Å². The average molecular weight is 282 g/mol. The van der Waals surface area contributed by atoms with Gasteiger partial charge in [0.2, 0.25) is 0 Å². The highest BCUT2D eigenvalue weighted by Gasteiger charge is 2.16. The maximum atomic E-state index is 11.2. The van der Waals surface area contributed by atoms with Gasteiger partial charge in [0.15, 0.2) is 0 Å². The molecule has 0 aliphatic rings. The summed E-state index contributed by atoms with van der Waals surface area (Å²) in [6.45, 7) is 2.27. The molecule has 0 fully saturated rings. The molecule has 0 aliphatic heterocycles. The number of esters is 1. The van der Waals surface area contributed by atoms with Crippen LogP contribution in [0.2, 0.25) is 0 Å². The van der Waals surface area contributed by atoms with Gasteiger partial charge >= 0.3 is 11.9 Å². The molecule has 0 heterocycles. The Hall–Kier alpha value is -0.440. The summed E-state index contributed by atoms with van der Waals surface area (Å²) in [6.07, 6.45) is 0.758. The van der Waals surface area contributed by atoms with Crippen LogP contribution in [-0.2, 0) is 14.3 Å². The number of carbonyl (C=O) groups excluding carboxylic acids is 1. The summed E-state index contributed by atoms with van der Waals surface area (Å²) in [6, 6.07) is -1.57. The van der Waals surface area contributed by atoms with Crippen LogP contribution in [0, 0.1) is 0 Å². The number of carboxylic acid groups (broad SMARTS) is 1. The molecule has 6 nitrogen and oxygen atoms in total. The zero-order chi connectivity index (χ0) is 13.3. The van der Waals surface area contributed by atoms with Crippen LogP contribution >= 0.6 is 21.6 Å². The molecule has 17 heavy (non-hydrogen) atoms. The standard InChI is InChI=1S/C9H18N2O4S2/c1-2-3-15-9(14)7(11)5-17-16-4-6(10)8(12)13/h6-7H,2-5,10-11H2,1H3,(H,12,13)/t6-,7-/m0/s1. The number of hydrogen-bond acceptors (Lipinski definition) is 7. The monoisotopic (exact) mass is 282 g/mol. The molecule has 100 valence electrons. The van der Waals surface area contributed by atoms with Gasteiger partial charge in [-0.2, -0.15) is 0 Å². The smallest absolute Gasteiger partial charge is 0.323 e. The minimum absolute atomic E-state index is 0.275. The van der Waals surface area contributed by atoms with Crippen molar-refractivity contribution in [2.45, 2.75) is 25.4 Å². The van der Waals surface area contributed by atoms with Crippen molar-refractivity contribution in [3.8, 4) is 0 Å². The average Bonchev–Trinajstić information content (AvgIpc) is 2.30. The summed E-state index contributed by atoms with van der Waals surface area (Å²) in [7, 11) is 2.60. The van der Waals surface area contributed by atoms with Crippen molar-refractivity contribution in [3.63, 3.8) is 0 Å². The van der Waals surface area contributed by atoms with Crippen LogP contribution in [-0.4, -0.2) is 47.2 Å². The summed E-state index contributed by atoms with van der Waals surface area (Å²) in [5.74, 6) is -0.816. The first-order chi connectivity index (χ1) is 7.99. The fraction of sp³-hybridized carbons (Fsp3) is 0.778. The third kappa shape index (κ3) is 8.31. The van der Waals surface area contributed by atoms with Crippen LogP contribution in [0.5, 0.6) is 0 Å². The first kappa shape index (κ1) is 16.6. The Morgan fingerprint density at radius 2 is 1.76 bits per heavy atom. The topological polar surface area (TPSA) is 116 Å². The lowest BCUT2D eigenvalue weighted by molar-refractivity contribution is -0.144. The Labute approximate surface area is 108 Å². The fourth-order valence-corrected chi connectivity index (χ4v) is 2.91. The second kappa shape index (κ2) is 9.58. The minimum Gasteiger partial charge on any atom is -0.480 e. The first-order valence-corrected chi connectivity index (χ1v) is 7.62. The van der Waals surface area contributed by atoms with Crippen molar-refractivity contribution >= 4 is 33.5 Å². The summed E-state index contributed by atoms with van der Waals surface area (Å²) in [5.41, 5.74) is 10.9. The number of hydrogen-bond donors (Lipinski definition) is 3. The van der Waals surface area contributed by atoms with Crippen LogP contribution in [0.1, 0.15) is 13.3 Å². The predicted molar refractivity (Wildman–Crippen MR) is 69.8 cm³/mol. The number of aliphatic carboxylic acids is 1. The van der Waals surface area contributed by atoms with E-state index >= 15 is 0 Å². The van der Waals surface area contributed by atoms with Crippen molar-refractivity contribution in [2.75, 3.05) is 18.1 Å². The molecule has 2 atom stereocenters. The molecule has 0 saturated heterocycles. The van der Waals surface area contributed by atoms with E-state index < -0.39 is 24.0 Å². The molecular formula is C9H18N2O4S2. The summed E-state index contributed by atoms with van der Waals surface area (Å²) in [5, 5.41) is 8.53. The number of ether oxygens (including phenoxy) is 1. The normalized spacial score (nSPS) is 14.1. The van der Waals surface area contributed by atoms with Gasteiger partial charge in [-0.05, 0) is 6.42 Å². The van der Waals surface area contributed by atoms with E-state index in [1.54, 1.807) is 0 Å². The van der Waals surface area contributed by atoms with Crippen molar-refractivity contribution < 1.29 is 19.4 Å². The van der Waals surface area contributed by atoms with Crippen LogP contribution in [0.3, 0.4) is 0 Å². The molecule has 0 aromatic carbocycles. The lowest BCUT2D eigenvalue weighted by Gasteiger charge is -2.10. The van der Waals surface area contributed by atoms with E-state index in [0.29, 0.717) is 12.4 Å². The van der Waals surface area contributed by atoms with Gasteiger partial charge in [0.1, 0.15) is 12.1 Å². The van der Waals surface area contributed by atoms with E-state index in [2.05, 4.69) is 0 Å². The molecule has 0 spiro atoms. The highest BCUT2D eigenvalue weighted by Crippen LogP contribution is 2.22. The van der Waals surface area contributed by atoms with Crippen LogP contribution < -0.4 is 11.5 Å². The van der Waals surface area contributed by atoms with E-state index in [-0.39, 0.29) is 5.75 Å². The number of carboxylic acids is 1. The van der Waals surface area contributed by atoms with Crippen LogP contribution in [0.4, 0.5) is 0 Å². The molecule has 0 amide bonds. The Morgan fingerprint density at radius 3 is 2.24 bits per heavy atom. The molecule has 0 aromatic rings. The zero-order valence-electron chi connectivity index (χ0n) is 9.63. The van der Waals surface area contributed by atoms with Gasteiger partial charge in [0, 0.05) is 11.5 Å². The lowest BCUT2D eigenvalue weighted by Crippen LogP contribution is -2.35. The lowest BCUT2D eigenvalue weighted by atomic mass is 10.4. The largest absolute Gasteiger partial charge is 0.480 e. The van der Waals surface area contributed by atoms with Gasteiger partial charge in [-0.1, -0.05) is 28.5 Å². The summed E-state index contributed by atoms with van der Waals surface area (Å²) in [4.78, 5) is 21.7. The predicted octanol–water partition coefficient (Wildman–Crippen LogP) is 0.0602. The van der Waals surface area contributed by atoms with E-state index in [1.807, 2.05) is 6.92 Å². The Kier molecular flexibility index (Phi) is 9.33. The maximum Gasteiger partial charge on any atom is 0.323 e. The highest BCUT2D eigenvalue weighted by molar-refractivity contribution is 8.76. The zero-order valence-corrected chi connectivity index (χ0v) is 11.3. The second-order valence-electron chi connectivity index (χ2n) is 3.29. The molecule has 5 N–H and O–H groups in total. The van der Waals surface area contributed by atoms with Gasteiger partial charge < -0.3 is 21.3 Å². The number of rotatable bonds is 9. The highest BCUT2D eigenvalue weighted by atomic mass is 33.1. The fourth-order valence-electron chi connectivity index (χ4n) is 0.692. The van der Waals surface area contributed by atoms with Crippen molar-refractivity contribution in [1.82, 2.24) is 0 Å². The third-order valence-electron chi connectivity index (χ3n) is 1.65. The Bertz CT molecular complexity index is 253. The number of carbonyl (C=O) groups is 2. The Morgan fingerprint density at radius 1 is 1.24 bits per heavy atom. The molecule has 0 rings (SSSR count). The molecule has 0 unspecified atom stereocenters. The Balaban J connectivity index is 3.60. The molecular weight excluding hydrogens is 264 g/mol. The van der Waals surface area contributed by atoms with Gasteiger partial charge in [0.05, 0.1) is 6.61 Å². The molecule has 0 aliphatic carbocycles. The minimum atomic E-state index is -1.04. The van der Waals surface area contributed by atoms with Gasteiger partial charge in [-0.3, -0.25) is 9.59 Å². The first-order valence-electron chi connectivity index (χ1n) is 5.14. The van der Waals surface area contributed by atoms with Crippen molar-refractivity contribution in [1.29, 1.82) is 0 Å². The van der Waals surface area contributed by atoms with E-state index in [1.165, 1.54) is 21.6 Å². The van der Waals surface area contributed by atoms with Crippen LogP contribution in [0.25, 0.3) is 0 Å². The van der Waals surface area contributed by atoms with Crippen LogP contribution in [0.15, 0.2) is 0 Å². The van der Waals surface area contributed by atoms with Gasteiger partial charge in [-0.25, -0.2) is 0 Å². The number of nitrogens with two attached hydrogens (primary N) is 2. The third-order valence-corrected chi connectivity index (χ3v) is 4.12. The molecule has 0 saturated carbocycles. The van der Waals surface area contributed by atoms with E-state index in [4.69, 9.17) is 21.3 Å². The van der Waals surface area contributed by atoms with Gasteiger partial charge in [-0.15, -0.1) is 0 Å². The summed E-state index contributed by atoms with van der Waals surface area (Å²) < 4.78 is 4.86. The molecule has 8 heteroatoms. The second-order valence-corrected chi connectivity index (χ2v) is 5.84. The quantitative estimate of drug-likeness (QED) is 0.309. The van der Waals surface area contributed by atoms with Crippen molar-refractivity contribution in [2.24, 2.45) is 11.5 Å². The van der Waals surface area contributed by atoms with E-state index in [9.17, 15) is 9.59 Å². The van der Waals surface area contributed by atoms with Gasteiger partial charge in [0.25, 0.3) is 0 Å². The van der Waals surface area contributed by atoms with E-state index in [0.717, 1.165) is 6.42 Å².